The van der Waals surface area contributed by atoms with E-state index in [1.54, 1.807) is 37.3 Å². The molecule has 0 bridgehead atoms. The maximum Gasteiger partial charge on any atom is 0.254 e. The van der Waals surface area contributed by atoms with Gasteiger partial charge in [0.2, 0.25) is 11.9 Å². The zero-order valence-electron chi connectivity index (χ0n) is 14.7. The van der Waals surface area contributed by atoms with Crippen LogP contribution in [0.4, 0.5) is 5.95 Å². The number of amides is 2. The minimum Gasteiger partial charge on any atom is -0.497 e. The second kappa shape index (κ2) is 7.85. The number of aromatic nitrogens is 3. The molecule has 1 aliphatic heterocycles. The molecule has 2 amide bonds. The lowest BCUT2D eigenvalue weighted by molar-refractivity contribution is -0.121. The lowest BCUT2D eigenvalue weighted by Gasteiger charge is -2.31. The molecule has 1 fully saturated rings. The van der Waals surface area contributed by atoms with Crippen LogP contribution in [0.3, 0.4) is 0 Å². The van der Waals surface area contributed by atoms with Crippen molar-refractivity contribution in [1.82, 2.24) is 20.1 Å². The fourth-order valence-corrected chi connectivity index (χ4v) is 2.94. The Balaban J connectivity index is 1.60. The average molecular weight is 359 g/mol. The summed E-state index contributed by atoms with van der Waals surface area (Å²) in [6.07, 6.45) is 2.51. The second-order valence-corrected chi connectivity index (χ2v) is 5.99. The molecule has 0 saturated carbocycles. The van der Waals surface area contributed by atoms with E-state index >= 15 is 0 Å². The van der Waals surface area contributed by atoms with Gasteiger partial charge in [-0.05, 0) is 25.0 Å². The molecule has 9 heteroatoms. The molecule has 2 aromatic rings. The summed E-state index contributed by atoms with van der Waals surface area (Å²) in [6.45, 7) is 1.01. The quantitative estimate of drug-likeness (QED) is 0.833. The van der Waals surface area contributed by atoms with Crippen molar-refractivity contribution in [2.45, 2.75) is 12.8 Å². The predicted octanol–water partition coefficient (Wildman–Crippen LogP) is 1.31. The molecule has 9 nitrogen and oxygen atoms in total. The third-order valence-electron chi connectivity index (χ3n) is 4.41. The van der Waals surface area contributed by atoms with Crippen molar-refractivity contribution in [1.29, 1.82) is 0 Å². The molecule has 1 saturated heterocycles. The summed E-state index contributed by atoms with van der Waals surface area (Å²) in [6, 6.07) is 5.10. The Morgan fingerprint density at radius 3 is 2.35 bits per heavy atom. The number of H-pyrrole nitrogens is 1. The van der Waals surface area contributed by atoms with Crippen LogP contribution in [-0.2, 0) is 4.79 Å². The van der Waals surface area contributed by atoms with Crippen LogP contribution < -0.4 is 14.8 Å². The van der Waals surface area contributed by atoms with Gasteiger partial charge in [-0.3, -0.25) is 14.9 Å². The number of piperidine rings is 1. The van der Waals surface area contributed by atoms with Gasteiger partial charge < -0.3 is 14.4 Å². The van der Waals surface area contributed by atoms with Crippen LogP contribution in [0, 0.1) is 5.92 Å². The van der Waals surface area contributed by atoms with Crippen LogP contribution in [0.1, 0.15) is 23.2 Å². The molecule has 2 heterocycles. The highest BCUT2D eigenvalue weighted by atomic mass is 16.5. The third-order valence-corrected chi connectivity index (χ3v) is 4.41. The Morgan fingerprint density at radius 2 is 1.81 bits per heavy atom. The molecule has 0 radical (unpaired) electrons. The van der Waals surface area contributed by atoms with E-state index < -0.39 is 0 Å². The van der Waals surface area contributed by atoms with Crippen LogP contribution in [0.5, 0.6) is 11.5 Å². The SMILES string of the molecule is COc1cc(OC)cc(C(=O)N2CCC(C(=O)Nc3ncn[nH]3)CC2)c1. The lowest BCUT2D eigenvalue weighted by Crippen LogP contribution is -2.41. The number of benzene rings is 1. The molecule has 1 aliphatic rings. The van der Waals surface area contributed by atoms with Gasteiger partial charge in [-0.15, -0.1) is 0 Å². The number of carbonyl (C=O) groups is 2. The molecular weight excluding hydrogens is 338 g/mol. The Labute approximate surface area is 150 Å². The van der Waals surface area contributed by atoms with Crippen LogP contribution in [0.2, 0.25) is 0 Å². The van der Waals surface area contributed by atoms with Crippen molar-refractivity contribution in [2.75, 3.05) is 32.6 Å². The van der Waals surface area contributed by atoms with E-state index in [-0.39, 0.29) is 17.7 Å². The normalized spacial score (nSPS) is 14.8. The highest BCUT2D eigenvalue weighted by Crippen LogP contribution is 2.25. The minimum absolute atomic E-state index is 0.101. The highest BCUT2D eigenvalue weighted by molar-refractivity contribution is 5.95. The molecule has 138 valence electrons. The molecule has 2 N–H and O–H groups in total. The number of likely N-dealkylation sites (tertiary alicyclic amines) is 1. The minimum atomic E-state index is -0.163. The Morgan fingerprint density at radius 1 is 1.15 bits per heavy atom. The fourth-order valence-electron chi connectivity index (χ4n) is 2.94. The maximum atomic E-state index is 12.8. The van der Waals surface area contributed by atoms with Crippen LogP contribution in [0.25, 0.3) is 0 Å². The summed E-state index contributed by atoms with van der Waals surface area (Å²) in [5.74, 6) is 1.08. The maximum absolute atomic E-state index is 12.8. The van der Waals surface area contributed by atoms with Crippen molar-refractivity contribution in [2.24, 2.45) is 5.92 Å². The first-order valence-electron chi connectivity index (χ1n) is 8.29. The van der Waals surface area contributed by atoms with E-state index in [0.29, 0.717) is 48.9 Å². The van der Waals surface area contributed by atoms with Gasteiger partial charge in [-0.25, -0.2) is 5.10 Å². The van der Waals surface area contributed by atoms with Gasteiger partial charge in [0.15, 0.2) is 0 Å². The summed E-state index contributed by atoms with van der Waals surface area (Å²) in [5.41, 5.74) is 0.505. The highest BCUT2D eigenvalue weighted by Gasteiger charge is 2.28. The smallest absolute Gasteiger partial charge is 0.254 e. The van der Waals surface area contributed by atoms with Gasteiger partial charge in [-0.1, -0.05) is 0 Å². The van der Waals surface area contributed by atoms with Crippen LogP contribution in [0.15, 0.2) is 24.5 Å². The number of rotatable bonds is 5. The standard InChI is InChI=1S/C17H21N5O4/c1-25-13-7-12(8-14(9-13)26-2)16(24)22-5-3-11(4-6-22)15(23)20-17-18-10-19-21-17/h7-11H,3-6H2,1-2H3,(H2,18,19,20,21,23). The average Bonchev–Trinajstić information content (AvgIpc) is 3.20. The van der Waals surface area contributed by atoms with Crippen molar-refractivity contribution in [3.8, 4) is 11.5 Å². The van der Waals surface area contributed by atoms with Gasteiger partial charge in [-0.2, -0.15) is 10.1 Å². The number of anilines is 1. The van der Waals surface area contributed by atoms with E-state index in [1.165, 1.54) is 6.33 Å². The Hall–Kier alpha value is -3.10. The number of hydrogen-bond acceptors (Lipinski definition) is 6. The van der Waals surface area contributed by atoms with Crippen molar-refractivity contribution < 1.29 is 19.1 Å². The van der Waals surface area contributed by atoms with Gasteiger partial charge in [0.05, 0.1) is 14.2 Å². The summed E-state index contributed by atoms with van der Waals surface area (Å²) < 4.78 is 10.4. The predicted molar refractivity (Wildman–Crippen MR) is 93.2 cm³/mol. The molecule has 0 aliphatic carbocycles. The summed E-state index contributed by atoms with van der Waals surface area (Å²) in [7, 11) is 3.09. The molecule has 0 unspecified atom stereocenters. The Bertz CT molecular complexity index is 747. The van der Waals surface area contributed by atoms with Gasteiger partial charge >= 0.3 is 0 Å². The number of ether oxygens (including phenoxy) is 2. The topological polar surface area (TPSA) is 109 Å². The van der Waals surface area contributed by atoms with Crippen molar-refractivity contribution >= 4 is 17.8 Å². The number of nitrogens with zero attached hydrogens (tertiary/aromatic N) is 3. The number of nitrogens with one attached hydrogen (secondary N) is 2. The van der Waals surface area contributed by atoms with E-state index in [2.05, 4.69) is 20.5 Å². The number of aromatic amines is 1. The largest absolute Gasteiger partial charge is 0.497 e. The molecule has 1 aromatic heterocycles. The molecule has 0 atom stereocenters. The molecule has 26 heavy (non-hydrogen) atoms. The number of carbonyl (C=O) groups excluding carboxylic acids is 2. The molecule has 0 spiro atoms. The van der Waals surface area contributed by atoms with Gasteiger partial charge in [0.25, 0.3) is 5.91 Å². The van der Waals surface area contributed by atoms with Crippen molar-refractivity contribution in [3.63, 3.8) is 0 Å². The first-order chi connectivity index (χ1) is 12.6. The number of hydrogen-bond donors (Lipinski definition) is 2. The molecule has 1 aromatic carbocycles. The summed E-state index contributed by atoms with van der Waals surface area (Å²) in [5, 5.41) is 8.98. The van der Waals surface area contributed by atoms with Crippen LogP contribution in [-0.4, -0.2) is 59.2 Å². The zero-order valence-corrected chi connectivity index (χ0v) is 14.7. The second-order valence-electron chi connectivity index (χ2n) is 5.99. The summed E-state index contributed by atoms with van der Waals surface area (Å²) in [4.78, 5) is 30.6. The van der Waals surface area contributed by atoms with E-state index in [4.69, 9.17) is 9.47 Å². The Kier molecular flexibility index (Phi) is 5.35. The monoisotopic (exact) mass is 359 g/mol. The van der Waals surface area contributed by atoms with Crippen LogP contribution >= 0.6 is 0 Å². The molecular formula is C17H21N5O4. The fraction of sp³-hybridized carbons (Fsp3) is 0.412. The zero-order chi connectivity index (χ0) is 18.5. The number of methoxy groups -OCH3 is 2. The first kappa shape index (κ1) is 17.7. The third kappa shape index (κ3) is 3.93. The van der Waals surface area contributed by atoms with Gasteiger partial charge in [0, 0.05) is 30.6 Å². The van der Waals surface area contributed by atoms with E-state index in [0.717, 1.165) is 0 Å². The first-order valence-corrected chi connectivity index (χ1v) is 8.29. The van der Waals surface area contributed by atoms with E-state index in [1.807, 2.05) is 0 Å². The summed E-state index contributed by atoms with van der Waals surface area (Å²) >= 11 is 0. The lowest BCUT2D eigenvalue weighted by atomic mass is 9.95. The molecule has 3 rings (SSSR count). The van der Waals surface area contributed by atoms with Gasteiger partial charge in [0.1, 0.15) is 17.8 Å². The van der Waals surface area contributed by atoms with Crippen molar-refractivity contribution in [3.05, 3.63) is 30.1 Å². The van der Waals surface area contributed by atoms with E-state index in [9.17, 15) is 9.59 Å².